The molecule has 0 bridgehead atoms. The van der Waals surface area contributed by atoms with E-state index in [4.69, 9.17) is 18.5 Å². The normalized spacial score (nSPS) is 21.4. The number of ether oxygens (including phenoxy) is 2. The van der Waals surface area contributed by atoms with Gasteiger partial charge in [-0.15, -0.1) is 0 Å². The smallest absolute Gasteiger partial charge is 0.460 e. The summed E-state index contributed by atoms with van der Waals surface area (Å²) >= 11 is 0. The van der Waals surface area contributed by atoms with Gasteiger partial charge in [0.2, 0.25) is 5.82 Å². The van der Waals surface area contributed by atoms with Crippen molar-refractivity contribution in [3.8, 4) is 5.75 Å². The highest BCUT2D eigenvalue weighted by Crippen LogP contribution is 2.49. The molecular weight excluding hydrogens is 586 g/mol. The molecule has 16 heteroatoms. The molecule has 0 saturated carbocycles. The molecule has 1 unspecified atom stereocenters. The number of halogens is 3. The molecule has 1 saturated heterocycles. The van der Waals surface area contributed by atoms with E-state index in [9.17, 15) is 37.2 Å². The Morgan fingerprint density at radius 2 is 1.81 bits per heavy atom. The topological polar surface area (TPSA) is 158 Å². The molecule has 1 aromatic heterocycles. The third-order valence-electron chi connectivity index (χ3n) is 6.10. The van der Waals surface area contributed by atoms with E-state index >= 15 is 0 Å². The highest BCUT2D eigenvalue weighted by Gasteiger charge is 2.49. The predicted octanol–water partition coefficient (Wildman–Crippen LogP) is 2.88. The summed E-state index contributed by atoms with van der Waals surface area (Å²) in [6.07, 6.45) is -10.9. The fourth-order valence-corrected chi connectivity index (χ4v) is 5.74. The number of aliphatic hydroxyl groups is 1. The Hall–Kier alpha value is -3.75. The molecule has 0 radical (unpaired) electrons. The summed E-state index contributed by atoms with van der Waals surface area (Å²) < 4.78 is 78.2. The minimum Gasteiger partial charge on any atom is -0.460 e. The van der Waals surface area contributed by atoms with E-state index < -0.39 is 74.2 Å². The zero-order valence-electron chi connectivity index (χ0n) is 22.0. The number of aromatic nitrogens is 2. The van der Waals surface area contributed by atoms with Gasteiger partial charge in [-0.25, -0.2) is 18.1 Å². The number of carbonyl (C=O) groups excluding carboxylic acids is 1. The second-order valence-corrected chi connectivity index (χ2v) is 10.9. The number of nitrogens with zero attached hydrogens (tertiary/aromatic N) is 1. The lowest BCUT2D eigenvalue weighted by molar-refractivity contribution is -0.146. The van der Waals surface area contributed by atoms with E-state index in [-0.39, 0.29) is 12.4 Å². The standard InChI is InChI=1S/C26H27F3N3O9P/c1-15(25(35)38-14-16-8-4-2-5-9-16)31-42(37,40-17-10-6-3-7-11-17)41-22(23(28)29)21-19(33)12-20(39-21)32-13-18(27)24(34)30-26(32)36/h2-11,13,15,19-23,33H,12,14H2,1H3,(H,31,37)(H,30,34,36)/t15-,19?,20+,21-,22-,42-/m0/s1. The van der Waals surface area contributed by atoms with Gasteiger partial charge in [0.25, 0.3) is 12.0 Å². The van der Waals surface area contributed by atoms with Crippen LogP contribution in [0.15, 0.2) is 76.4 Å². The largest absolute Gasteiger partial charge is 0.460 e. The van der Waals surface area contributed by atoms with Crippen LogP contribution in [0.5, 0.6) is 5.75 Å². The summed E-state index contributed by atoms with van der Waals surface area (Å²) in [6.45, 7) is 1.13. The van der Waals surface area contributed by atoms with Gasteiger partial charge >= 0.3 is 19.4 Å². The first-order chi connectivity index (χ1) is 20.0. The van der Waals surface area contributed by atoms with Gasteiger partial charge in [-0.1, -0.05) is 48.5 Å². The van der Waals surface area contributed by atoms with Crippen LogP contribution < -0.4 is 20.9 Å². The van der Waals surface area contributed by atoms with Crippen LogP contribution in [0.4, 0.5) is 13.2 Å². The molecule has 12 nitrogen and oxygen atoms in total. The highest BCUT2D eigenvalue weighted by molar-refractivity contribution is 7.52. The fourth-order valence-electron chi connectivity index (χ4n) is 4.07. The Bertz CT molecular complexity index is 1520. The van der Waals surface area contributed by atoms with Crippen LogP contribution in [-0.2, 0) is 30.0 Å². The summed E-state index contributed by atoms with van der Waals surface area (Å²) in [7, 11) is -4.85. The van der Waals surface area contributed by atoms with Crippen molar-refractivity contribution in [3.05, 3.63) is 99.1 Å². The second kappa shape index (κ2) is 13.5. The number of esters is 1. The van der Waals surface area contributed by atoms with Crippen molar-refractivity contribution in [2.24, 2.45) is 0 Å². The molecule has 42 heavy (non-hydrogen) atoms. The lowest BCUT2D eigenvalue weighted by atomic mass is 10.1. The first-order valence-electron chi connectivity index (χ1n) is 12.6. The lowest BCUT2D eigenvalue weighted by Gasteiger charge is -2.30. The third-order valence-corrected chi connectivity index (χ3v) is 7.78. The van der Waals surface area contributed by atoms with Crippen LogP contribution in [0, 0.1) is 5.82 Å². The number of H-pyrrole nitrogens is 1. The molecule has 0 aliphatic carbocycles. The molecule has 2 aromatic carbocycles. The first-order valence-corrected chi connectivity index (χ1v) is 14.1. The SMILES string of the molecule is C[C@H](N[P@](=O)(Oc1ccccc1)O[C@H](C(F)F)[C@H]1O[C@@H](n2cc(F)c(=O)[nH]c2=O)CC1O)C(=O)OCc1ccccc1. The van der Waals surface area contributed by atoms with Crippen molar-refractivity contribution in [1.29, 1.82) is 0 Å². The number of aromatic amines is 1. The molecule has 1 fully saturated rings. The summed E-state index contributed by atoms with van der Waals surface area (Å²) in [6, 6.07) is 14.6. The molecule has 3 N–H and O–H groups in total. The molecule has 6 atom stereocenters. The van der Waals surface area contributed by atoms with Gasteiger partial charge in [-0.3, -0.25) is 23.7 Å². The van der Waals surface area contributed by atoms with Crippen molar-refractivity contribution < 1.29 is 46.2 Å². The van der Waals surface area contributed by atoms with Crippen molar-refractivity contribution >= 4 is 13.7 Å². The Labute approximate surface area is 236 Å². The average molecular weight is 613 g/mol. The van der Waals surface area contributed by atoms with Crippen LogP contribution >= 0.6 is 7.75 Å². The summed E-state index contributed by atoms with van der Waals surface area (Å²) in [5.74, 6) is -2.31. The van der Waals surface area contributed by atoms with Crippen molar-refractivity contribution in [2.45, 2.75) is 57.0 Å². The van der Waals surface area contributed by atoms with Gasteiger partial charge in [-0.2, -0.15) is 9.48 Å². The summed E-state index contributed by atoms with van der Waals surface area (Å²) in [4.78, 5) is 37.8. The molecular formula is C26H27F3N3O9P. The minimum absolute atomic E-state index is 0.0627. The molecule has 2 heterocycles. The van der Waals surface area contributed by atoms with E-state index in [2.05, 4.69) is 5.09 Å². The van der Waals surface area contributed by atoms with Gasteiger partial charge in [0.05, 0.1) is 12.3 Å². The number of nitrogens with one attached hydrogen (secondary N) is 2. The quantitative estimate of drug-likeness (QED) is 0.205. The number of alkyl halides is 2. The van der Waals surface area contributed by atoms with Crippen LogP contribution in [-0.4, -0.2) is 51.4 Å². The van der Waals surface area contributed by atoms with Crippen LogP contribution in [0.2, 0.25) is 0 Å². The van der Waals surface area contributed by atoms with Gasteiger partial charge in [0.15, 0.2) is 6.10 Å². The van der Waals surface area contributed by atoms with Crippen LogP contribution in [0.1, 0.15) is 25.1 Å². The zero-order valence-corrected chi connectivity index (χ0v) is 22.9. The molecule has 1 aliphatic rings. The Balaban J connectivity index is 1.55. The Morgan fingerprint density at radius 3 is 2.45 bits per heavy atom. The number of benzene rings is 2. The summed E-state index contributed by atoms with van der Waals surface area (Å²) in [5.41, 5.74) is -1.75. The van der Waals surface area contributed by atoms with E-state index in [1.165, 1.54) is 31.2 Å². The minimum atomic E-state index is -4.85. The van der Waals surface area contributed by atoms with Gasteiger partial charge in [0.1, 0.15) is 30.7 Å². The maximum Gasteiger partial charge on any atom is 0.460 e. The maximum absolute atomic E-state index is 14.3. The Kier molecular flexibility index (Phi) is 10.0. The highest BCUT2D eigenvalue weighted by atomic mass is 31.2. The first kappa shape index (κ1) is 31.2. The monoisotopic (exact) mass is 613 g/mol. The molecule has 3 aromatic rings. The average Bonchev–Trinajstić information content (AvgIpc) is 3.33. The third kappa shape index (κ3) is 7.75. The molecule has 0 spiro atoms. The van der Waals surface area contributed by atoms with E-state index in [0.717, 1.165) is 0 Å². The molecule has 1 aliphatic heterocycles. The van der Waals surface area contributed by atoms with Gasteiger partial charge in [-0.05, 0) is 24.6 Å². The van der Waals surface area contributed by atoms with Crippen molar-refractivity contribution in [3.63, 3.8) is 0 Å². The van der Waals surface area contributed by atoms with E-state index in [1.807, 2.05) is 0 Å². The number of rotatable bonds is 12. The van der Waals surface area contributed by atoms with Gasteiger partial charge < -0.3 is 19.1 Å². The van der Waals surface area contributed by atoms with Crippen LogP contribution in [0.3, 0.4) is 0 Å². The lowest BCUT2D eigenvalue weighted by Crippen LogP contribution is -2.44. The van der Waals surface area contributed by atoms with Gasteiger partial charge in [0, 0.05) is 6.42 Å². The number of para-hydroxylation sites is 1. The maximum atomic E-state index is 14.3. The Morgan fingerprint density at radius 1 is 1.17 bits per heavy atom. The number of aliphatic hydroxyl groups excluding tert-OH is 1. The summed E-state index contributed by atoms with van der Waals surface area (Å²) in [5, 5.41) is 12.8. The fraction of sp³-hybridized carbons (Fsp3) is 0.346. The van der Waals surface area contributed by atoms with E-state index in [1.54, 1.807) is 41.4 Å². The molecule has 0 amide bonds. The number of carbonyl (C=O) groups is 1. The van der Waals surface area contributed by atoms with Crippen molar-refractivity contribution in [2.75, 3.05) is 0 Å². The van der Waals surface area contributed by atoms with Crippen molar-refractivity contribution in [1.82, 2.24) is 14.6 Å². The molecule has 4 rings (SSSR count). The van der Waals surface area contributed by atoms with Crippen LogP contribution in [0.25, 0.3) is 0 Å². The second-order valence-electron chi connectivity index (χ2n) is 9.25. The predicted molar refractivity (Wildman–Crippen MR) is 140 cm³/mol. The van der Waals surface area contributed by atoms with E-state index in [0.29, 0.717) is 16.3 Å². The molecule has 226 valence electrons. The number of hydrogen-bond donors (Lipinski definition) is 3. The number of hydrogen-bond acceptors (Lipinski definition) is 9. The zero-order chi connectivity index (χ0) is 30.4.